The number of nitrogens with one attached hydrogen (secondary N) is 1. The van der Waals surface area contributed by atoms with Crippen molar-refractivity contribution in [1.29, 1.82) is 0 Å². The van der Waals surface area contributed by atoms with Crippen molar-refractivity contribution in [2.45, 2.75) is 57.8 Å². The van der Waals surface area contributed by atoms with Crippen molar-refractivity contribution in [3.05, 3.63) is 35.4 Å². The molecule has 1 saturated carbocycles. The minimum Gasteiger partial charge on any atom is -0.374 e. The van der Waals surface area contributed by atoms with Gasteiger partial charge < -0.3 is 10.1 Å². The molecule has 0 aromatic heterocycles. The Balaban J connectivity index is 1.74. The highest BCUT2D eigenvalue weighted by atomic mass is 16.5. The molecule has 100 valence electrons. The maximum atomic E-state index is 6.01. The predicted octanol–water partition coefficient (Wildman–Crippen LogP) is 3.30. The summed E-state index contributed by atoms with van der Waals surface area (Å²) in [5.74, 6) is 0. The molecule has 1 aliphatic carbocycles. The second-order valence-electron chi connectivity index (χ2n) is 5.24. The highest BCUT2D eigenvalue weighted by Crippen LogP contribution is 2.22. The number of hydrogen-bond donors (Lipinski definition) is 1. The van der Waals surface area contributed by atoms with E-state index >= 15 is 0 Å². The summed E-state index contributed by atoms with van der Waals surface area (Å²) in [6, 6.07) is 9.50. The molecule has 1 aliphatic rings. The summed E-state index contributed by atoms with van der Waals surface area (Å²) in [4.78, 5) is 0. The van der Waals surface area contributed by atoms with Crippen LogP contribution in [-0.2, 0) is 17.8 Å². The van der Waals surface area contributed by atoms with Gasteiger partial charge in [-0.15, -0.1) is 0 Å². The second-order valence-corrected chi connectivity index (χ2v) is 5.24. The zero-order valence-electron chi connectivity index (χ0n) is 11.6. The number of ether oxygens (including phenoxy) is 1. The van der Waals surface area contributed by atoms with Crippen LogP contribution in [0.15, 0.2) is 24.3 Å². The minimum absolute atomic E-state index is 0.459. The largest absolute Gasteiger partial charge is 0.374 e. The first-order chi connectivity index (χ1) is 8.81. The van der Waals surface area contributed by atoms with Crippen molar-refractivity contribution >= 4 is 0 Å². The molecule has 0 unspecified atom stereocenters. The van der Waals surface area contributed by atoms with Gasteiger partial charge in [0.2, 0.25) is 0 Å². The van der Waals surface area contributed by atoms with Crippen molar-refractivity contribution in [3.8, 4) is 0 Å². The van der Waals surface area contributed by atoms with Gasteiger partial charge in [-0.1, -0.05) is 31.2 Å². The molecule has 2 rings (SSSR count). The molecule has 18 heavy (non-hydrogen) atoms. The number of benzene rings is 1. The van der Waals surface area contributed by atoms with Gasteiger partial charge >= 0.3 is 0 Å². The molecular formula is C16H25NO. The minimum atomic E-state index is 0.459. The molecule has 0 radical (unpaired) electrons. The van der Waals surface area contributed by atoms with Crippen LogP contribution in [0.2, 0.25) is 0 Å². The monoisotopic (exact) mass is 247 g/mol. The van der Waals surface area contributed by atoms with Crippen LogP contribution < -0.4 is 5.32 Å². The van der Waals surface area contributed by atoms with Gasteiger partial charge in [-0.3, -0.25) is 0 Å². The summed E-state index contributed by atoms with van der Waals surface area (Å²) in [5.41, 5.74) is 2.69. The van der Waals surface area contributed by atoms with E-state index in [0.29, 0.717) is 12.1 Å². The van der Waals surface area contributed by atoms with Gasteiger partial charge in [-0.05, 0) is 50.3 Å². The van der Waals surface area contributed by atoms with Crippen molar-refractivity contribution in [2.75, 3.05) is 7.05 Å². The highest BCUT2D eigenvalue weighted by molar-refractivity contribution is 5.21. The Morgan fingerprint density at radius 1 is 1.06 bits per heavy atom. The molecule has 0 aliphatic heterocycles. The lowest BCUT2D eigenvalue weighted by atomic mass is 9.93. The van der Waals surface area contributed by atoms with Crippen LogP contribution >= 0.6 is 0 Å². The molecule has 2 nitrogen and oxygen atoms in total. The van der Waals surface area contributed by atoms with E-state index < -0.39 is 0 Å². The fraction of sp³-hybridized carbons (Fsp3) is 0.625. The van der Waals surface area contributed by atoms with Crippen LogP contribution in [0.1, 0.15) is 43.7 Å². The topological polar surface area (TPSA) is 21.3 Å². The summed E-state index contributed by atoms with van der Waals surface area (Å²) in [6.07, 6.45) is 6.44. The normalized spacial score (nSPS) is 24.1. The molecule has 0 atom stereocenters. The Morgan fingerprint density at radius 2 is 1.67 bits per heavy atom. The van der Waals surface area contributed by atoms with Gasteiger partial charge in [0.25, 0.3) is 0 Å². The molecule has 0 amide bonds. The molecule has 2 heteroatoms. The third kappa shape index (κ3) is 3.82. The fourth-order valence-corrected chi connectivity index (χ4v) is 2.60. The van der Waals surface area contributed by atoms with E-state index in [1.807, 2.05) is 0 Å². The van der Waals surface area contributed by atoms with E-state index in [9.17, 15) is 0 Å². The first-order valence-electron chi connectivity index (χ1n) is 7.18. The lowest BCUT2D eigenvalue weighted by Gasteiger charge is -2.28. The second kappa shape index (κ2) is 6.91. The first-order valence-corrected chi connectivity index (χ1v) is 7.18. The van der Waals surface area contributed by atoms with E-state index in [0.717, 1.165) is 13.0 Å². The Bertz CT molecular complexity index is 339. The molecule has 0 heterocycles. The fourth-order valence-electron chi connectivity index (χ4n) is 2.60. The van der Waals surface area contributed by atoms with Crippen LogP contribution in [0.4, 0.5) is 0 Å². The van der Waals surface area contributed by atoms with Crippen LogP contribution in [0.5, 0.6) is 0 Å². The quantitative estimate of drug-likeness (QED) is 0.862. The predicted molar refractivity (Wildman–Crippen MR) is 75.7 cm³/mol. The average molecular weight is 247 g/mol. The first kappa shape index (κ1) is 13.6. The van der Waals surface area contributed by atoms with Gasteiger partial charge in [0, 0.05) is 6.04 Å². The van der Waals surface area contributed by atoms with E-state index in [-0.39, 0.29) is 0 Å². The number of rotatable bonds is 5. The summed E-state index contributed by atoms with van der Waals surface area (Å²) in [7, 11) is 2.06. The van der Waals surface area contributed by atoms with E-state index in [1.165, 1.54) is 36.8 Å². The van der Waals surface area contributed by atoms with E-state index in [4.69, 9.17) is 4.74 Å². The van der Waals surface area contributed by atoms with Gasteiger partial charge in [0.1, 0.15) is 0 Å². The molecule has 1 fully saturated rings. The lowest BCUT2D eigenvalue weighted by Crippen LogP contribution is -2.32. The Labute approximate surface area is 111 Å². The molecule has 1 aromatic carbocycles. The molecule has 1 aromatic rings. The summed E-state index contributed by atoms with van der Waals surface area (Å²) >= 11 is 0. The molecule has 0 saturated heterocycles. The molecule has 0 bridgehead atoms. The summed E-state index contributed by atoms with van der Waals surface area (Å²) < 4.78 is 6.01. The standard InChI is InChI=1S/C16H25NO/c1-3-13-4-6-14(7-5-13)12-18-16-10-8-15(17-2)9-11-16/h4-7,15-17H,3,8-12H2,1-2H3. The van der Waals surface area contributed by atoms with Crippen LogP contribution in [0.25, 0.3) is 0 Å². The van der Waals surface area contributed by atoms with Gasteiger partial charge in [-0.25, -0.2) is 0 Å². The van der Waals surface area contributed by atoms with Crippen LogP contribution in [-0.4, -0.2) is 19.2 Å². The van der Waals surface area contributed by atoms with Gasteiger partial charge in [0.05, 0.1) is 12.7 Å². The zero-order chi connectivity index (χ0) is 12.8. The van der Waals surface area contributed by atoms with Crippen molar-refractivity contribution in [1.82, 2.24) is 5.32 Å². The zero-order valence-corrected chi connectivity index (χ0v) is 11.6. The summed E-state index contributed by atoms with van der Waals surface area (Å²) in [6.45, 7) is 2.95. The smallest absolute Gasteiger partial charge is 0.0720 e. The van der Waals surface area contributed by atoms with Crippen LogP contribution in [0.3, 0.4) is 0 Å². The highest BCUT2D eigenvalue weighted by Gasteiger charge is 2.20. The maximum absolute atomic E-state index is 6.01. The van der Waals surface area contributed by atoms with Crippen molar-refractivity contribution in [3.63, 3.8) is 0 Å². The van der Waals surface area contributed by atoms with Crippen molar-refractivity contribution in [2.24, 2.45) is 0 Å². The molecule has 1 N–H and O–H groups in total. The Morgan fingerprint density at radius 3 is 2.22 bits per heavy atom. The Kier molecular flexibility index (Phi) is 5.21. The Hall–Kier alpha value is -0.860. The number of hydrogen-bond acceptors (Lipinski definition) is 2. The van der Waals surface area contributed by atoms with Crippen LogP contribution in [0, 0.1) is 0 Å². The average Bonchev–Trinajstić information content (AvgIpc) is 2.46. The van der Waals surface area contributed by atoms with Gasteiger partial charge in [-0.2, -0.15) is 0 Å². The molecule has 0 spiro atoms. The van der Waals surface area contributed by atoms with Gasteiger partial charge in [0.15, 0.2) is 0 Å². The van der Waals surface area contributed by atoms with Crippen molar-refractivity contribution < 1.29 is 4.74 Å². The third-order valence-electron chi connectivity index (χ3n) is 4.00. The number of aryl methyl sites for hydroxylation is 1. The SMILES string of the molecule is CCc1ccc(COC2CCC(NC)CC2)cc1. The summed E-state index contributed by atoms with van der Waals surface area (Å²) in [5, 5.41) is 3.36. The lowest BCUT2D eigenvalue weighted by molar-refractivity contribution is 0.0118. The third-order valence-corrected chi connectivity index (χ3v) is 4.00. The molecular weight excluding hydrogens is 222 g/mol. The van der Waals surface area contributed by atoms with E-state index in [1.54, 1.807) is 0 Å². The maximum Gasteiger partial charge on any atom is 0.0720 e. The van der Waals surface area contributed by atoms with E-state index in [2.05, 4.69) is 43.6 Å².